The number of thioether (sulfide) groups is 1. The predicted octanol–water partition coefficient (Wildman–Crippen LogP) is 3.43. The number of amides is 2. The highest BCUT2D eigenvalue weighted by Gasteiger charge is 2.39. The molecule has 7 nitrogen and oxygen atoms in total. The van der Waals surface area contributed by atoms with Crippen molar-refractivity contribution in [2.24, 2.45) is 4.40 Å². The van der Waals surface area contributed by atoms with E-state index in [1.165, 1.54) is 41.3 Å². The Kier molecular flexibility index (Phi) is 7.11. The summed E-state index contributed by atoms with van der Waals surface area (Å²) in [5.41, 5.74) is 1.40. The number of amidine groups is 1. The Balaban J connectivity index is 1.75. The van der Waals surface area contributed by atoms with Crippen molar-refractivity contribution in [3.8, 4) is 0 Å². The smallest absolute Gasteiger partial charge is 0.284 e. The van der Waals surface area contributed by atoms with E-state index in [0.29, 0.717) is 5.69 Å². The van der Waals surface area contributed by atoms with Crippen molar-refractivity contribution in [1.82, 2.24) is 4.90 Å². The SMILES string of the molecule is CCc1ccc(S(=O)(=O)/N=C2\SC(CC(=O)Nc3ccc(F)cc3)C(=O)N2CC)cc1. The number of benzene rings is 2. The summed E-state index contributed by atoms with van der Waals surface area (Å²) in [6.07, 6.45) is 0.617. The fraction of sp³-hybridized carbons (Fsp3) is 0.286. The van der Waals surface area contributed by atoms with Crippen LogP contribution >= 0.6 is 11.8 Å². The van der Waals surface area contributed by atoms with Crippen molar-refractivity contribution in [1.29, 1.82) is 0 Å². The molecule has 2 aromatic rings. The summed E-state index contributed by atoms with van der Waals surface area (Å²) in [5, 5.41) is 1.85. The first-order chi connectivity index (χ1) is 14.7. The summed E-state index contributed by atoms with van der Waals surface area (Å²) >= 11 is 0.948. The molecule has 1 atom stereocenters. The van der Waals surface area contributed by atoms with E-state index in [2.05, 4.69) is 9.71 Å². The van der Waals surface area contributed by atoms with Crippen molar-refractivity contribution in [2.45, 2.75) is 36.8 Å². The Hall–Kier alpha value is -2.72. The van der Waals surface area contributed by atoms with Crippen molar-refractivity contribution in [3.05, 3.63) is 59.9 Å². The molecule has 1 aliphatic heterocycles. The van der Waals surface area contributed by atoms with Crippen LogP contribution in [0.1, 0.15) is 25.8 Å². The predicted molar refractivity (Wildman–Crippen MR) is 119 cm³/mol. The minimum absolute atomic E-state index is 0.0406. The topological polar surface area (TPSA) is 95.9 Å². The molecule has 1 N–H and O–H groups in total. The van der Waals surface area contributed by atoms with E-state index in [4.69, 9.17) is 0 Å². The van der Waals surface area contributed by atoms with Gasteiger partial charge in [-0.15, -0.1) is 4.40 Å². The molecule has 0 bridgehead atoms. The van der Waals surface area contributed by atoms with Gasteiger partial charge in [0, 0.05) is 18.7 Å². The van der Waals surface area contributed by atoms with Gasteiger partial charge in [-0.2, -0.15) is 8.42 Å². The molecular weight excluding hydrogens is 441 g/mol. The highest BCUT2D eigenvalue weighted by atomic mass is 32.2. The van der Waals surface area contributed by atoms with Gasteiger partial charge in [0.25, 0.3) is 10.0 Å². The molecule has 0 spiro atoms. The van der Waals surface area contributed by atoms with Gasteiger partial charge in [-0.05, 0) is 55.3 Å². The van der Waals surface area contributed by atoms with Crippen LogP contribution in [-0.4, -0.2) is 42.1 Å². The Morgan fingerprint density at radius 1 is 1.13 bits per heavy atom. The molecule has 0 saturated carbocycles. The quantitative estimate of drug-likeness (QED) is 0.679. The number of carbonyl (C=O) groups is 2. The molecule has 2 aromatic carbocycles. The molecule has 1 unspecified atom stereocenters. The van der Waals surface area contributed by atoms with Gasteiger partial charge in [0.15, 0.2) is 5.17 Å². The summed E-state index contributed by atoms with van der Waals surface area (Å²) < 4.78 is 42.3. The zero-order valence-electron chi connectivity index (χ0n) is 17.0. The summed E-state index contributed by atoms with van der Waals surface area (Å²) in [4.78, 5) is 26.3. The van der Waals surface area contributed by atoms with Gasteiger partial charge in [0.1, 0.15) is 11.1 Å². The van der Waals surface area contributed by atoms with Gasteiger partial charge in [0.2, 0.25) is 11.8 Å². The van der Waals surface area contributed by atoms with E-state index in [1.807, 2.05) is 6.92 Å². The lowest BCUT2D eigenvalue weighted by molar-refractivity contribution is -0.128. The van der Waals surface area contributed by atoms with Crippen molar-refractivity contribution < 1.29 is 22.4 Å². The Bertz CT molecular complexity index is 1100. The highest BCUT2D eigenvalue weighted by molar-refractivity contribution is 8.16. The monoisotopic (exact) mass is 463 g/mol. The molecule has 0 radical (unpaired) electrons. The number of aryl methyl sites for hydroxylation is 1. The lowest BCUT2D eigenvalue weighted by atomic mass is 10.2. The number of hydrogen-bond acceptors (Lipinski definition) is 5. The second-order valence-electron chi connectivity index (χ2n) is 6.79. The molecule has 2 amide bonds. The molecule has 10 heteroatoms. The van der Waals surface area contributed by atoms with Gasteiger partial charge in [-0.1, -0.05) is 30.8 Å². The number of nitrogens with one attached hydrogen (secondary N) is 1. The molecule has 1 fully saturated rings. The number of carbonyl (C=O) groups excluding carboxylic acids is 2. The second kappa shape index (κ2) is 9.61. The van der Waals surface area contributed by atoms with Crippen LogP contribution in [0.15, 0.2) is 57.8 Å². The van der Waals surface area contributed by atoms with Gasteiger partial charge in [-0.25, -0.2) is 4.39 Å². The largest absolute Gasteiger partial charge is 0.326 e. The van der Waals surface area contributed by atoms with E-state index >= 15 is 0 Å². The second-order valence-corrected chi connectivity index (χ2v) is 9.57. The highest BCUT2D eigenvalue weighted by Crippen LogP contribution is 2.31. The van der Waals surface area contributed by atoms with Gasteiger partial charge in [-0.3, -0.25) is 14.5 Å². The maximum absolute atomic E-state index is 13.0. The van der Waals surface area contributed by atoms with Crippen molar-refractivity contribution in [2.75, 3.05) is 11.9 Å². The van der Waals surface area contributed by atoms with Crippen LogP contribution in [-0.2, 0) is 26.0 Å². The van der Waals surface area contributed by atoms with E-state index in [-0.39, 0.29) is 28.9 Å². The summed E-state index contributed by atoms with van der Waals surface area (Å²) in [5.74, 6) is -1.24. The summed E-state index contributed by atoms with van der Waals surface area (Å²) in [7, 11) is -4.00. The summed E-state index contributed by atoms with van der Waals surface area (Å²) in [6, 6.07) is 11.7. The zero-order chi connectivity index (χ0) is 22.6. The molecule has 0 aliphatic carbocycles. The number of halogens is 1. The van der Waals surface area contributed by atoms with E-state index < -0.39 is 27.0 Å². The molecule has 31 heavy (non-hydrogen) atoms. The van der Waals surface area contributed by atoms with E-state index in [9.17, 15) is 22.4 Å². The third-order valence-electron chi connectivity index (χ3n) is 4.66. The van der Waals surface area contributed by atoms with Gasteiger partial charge >= 0.3 is 0 Å². The number of rotatable bonds is 7. The molecule has 1 aliphatic rings. The molecule has 1 saturated heterocycles. The normalized spacial score (nSPS) is 17.9. The maximum atomic E-state index is 13.0. The third kappa shape index (κ3) is 5.50. The van der Waals surface area contributed by atoms with Crippen LogP contribution in [0.4, 0.5) is 10.1 Å². The van der Waals surface area contributed by atoms with Crippen LogP contribution in [0.2, 0.25) is 0 Å². The van der Waals surface area contributed by atoms with Crippen LogP contribution in [0, 0.1) is 5.82 Å². The lowest BCUT2D eigenvalue weighted by Crippen LogP contribution is -2.33. The van der Waals surface area contributed by atoms with Crippen molar-refractivity contribution in [3.63, 3.8) is 0 Å². The van der Waals surface area contributed by atoms with Crippen LogP contribution in [0.5, 0.6) is 0 Å². The standard InChI is InChI=1S/C21H22FN3O4S2/c1-3-14-5-11-17(12-6-14)31(28,29)24-21-25(4-2)20(27)18(30-21)13-19(26)23-16-9-7-15(22)8-10-16/h5-12,18H,3-4,13H2,1-2H3,(H,23,26)/b24-21-. The van der Waals surface area contributed by atoms with Gasteiger partial charge < -0.3 is 5.32 Å². The first-order valence-corrected chi connectivity index (χ1v) is 12.0. The average Bonchev–Trinajstić information content (AvgIpc) is 3.02. The first-order valence-electron chi connectivity index (χ1n) is 9.71. The summed E-state index contributed by atoms with van der Waals surface area (Å²) in [6.45, 7) is 3.90. The Morgan fingerprint density at radius 2 is 1.77 bits per heavy atom. The Labute approximate surface area is 184 Å². The molecule has 0 aromatic heterocycles. The van der Waals surface area contributed by atoms with Crippen LogP contribution in [0.3, 0.4) is 0 Å². The molecule has 164 valence electrons. The van der Waals surface area contributed by atoms with E-state index in [1.54, 1.807) is 19.1 Å². The fourth-order valence-electron chi connectivity index (χ4n) is 2.97. The Morgan fingerprint density at radius 3 is 2.35 bits per heavy atom. The number of anilines is 1. The number of nitrogens with zero attached hydrogens (tertiary/aromatic N) is 2. The van der Waals surface area contributed by atoms with E-state index in [0.717, 1.165) is 23.7 Å². The number of sulfonamides is 1. The van der Waals surface area contributed by atoms with Crippen LogP contribution < -0.4 is 5.32 Å². The van der Waals surface area contributed by atoms with Gasteiger partial charge in [0.05, 0.1) is 4.90 Å². The zero-order valence-corrected chi connectivity index (χ0v) is 18.7. The first kappa shape index (κ1) is 23.0. The minimum Gasteiger partial charge on any atom is -0.326 e. The fourth-order valence-corrected chi connectivity index (χ4v) is 5.39. The van der Waals surface area contributed by atoms with Crippen LogP contribution in [0.25, 0.3) is 0 Å². The molecule has 1 heterocycles. The third-order valence-corrected chi connectivity index (χ3v) is 7.23. The lowest BCUT2D eigenvalue weighted by Gasteiger charge is -2.13. The number of hydrogen-bond donors (Lipinski definition) is 1. The molecular formula is C21H22FN3O4S2. The van der Waals surface area contributed by atoms with Crippen molar-refractivity contribution >= 4 is 44.5 Å². The average molecular weight is 464 g/mol. The minimum atomic E-state index is -4.00. The molecule has 3 rings (SSSR count). The maximum Gasteiger partial charge on any atom is 0.284 e.